The minimum absolute atomic E-state index is 0.0522. The van der Waals surface area contributed by atoms with Gasteiger partial charge in [0.25, 0.3) is 15.9 Å². The van der Waals surface area contributed by atoms with Crippen LogP contribution in [0.3, 0.4) is 0 Å². The van der Waals surface area contributed by atoms with Crippen molar-refractivity contribution in [1.29, 1.82) is 0 Å². The van der Waals surface area contributed by atoms with Crippen molar-refractivity contribution in [2.24, 2.45) is 0 Å². The van der Waals surface area contributed by atoms with Crippen LogP contribution in [0, 0.1) is 0 Å². The van der Waals surface area contributed by atoms with Crippen molar-refractivity contribution < 1.29 is 22.8 Å². The van der Waals surface area contributed by atoms with E-state index in [-0.39, 0.29) is 41.9 Å². The van der Waals surface area contributed by atoms with Crippen LogP contribution >= 0.6 is 15.9 Å². The first-order valence-electron chi connectivity index (χ1n) is 11.1. The van der Waals surface area contributed by atoms with Gasteiger partial charge in [0.15, 0.2) is 0 Å². The first-order chi connectivity index (χ1) is 16.1. The molecule has 1 N–H and O–H groups in total. The van der Waals surface area contributed by atoms with Crippen molar-refractivity contribution in [2.75, 3.05) is 6.54 Å². The molecular formula is C24H28BrN3O5S. The fourth-order valence-electron chi connectivity index (χ4n) is 3.67. The van der Waals surface area contributed by atoms with E-state index >= 15 is 0 Å². The first-order valence-corrected chi connectivity index (χ1v) is 13.3. The zero-order valence-electron chi connectivity index (χ0n) is 19.3. The van der Waals surface area contributed by atoms with E-state index in [1.165, 1.54) is 17.0 Å². The van der Waals surface area contributed by atoms with E-state index in [1.54, 1.807) is 19.1 Å². The fraction of sp³-hybridized carbons (Fsp3) is 0.375. The smallest absolute Gasteiger partial charge is 0.269 e. The molecule has 0 aliphatic carbocycles. The number of nitrogens with one attached hydrogen (secondary N) is 1. The lowest BCUT2D eigenvalue weighted by Crippen LogP contribution is -2.50. The van der Waals surface area contributed by atoms with Gasteiger partial charge in [0.2, 0.25) is 11.8 Å². The highest BCUT2D eigenvalue weighted by molar-refractivity contribution is 9.10. The Morgan fingerprint density at radius 2 is 1.82 bits per heavy atom. The Bertz CT molecular complexity index is 1200. The van der Waals surface area contributed by atoms with Crippen molar-refractivity contribution in [3.05, 3.63) is 64.1 Å². The highest BCUT2D eigenvalue weighted by atomic mass is 79.9. The van der Waals surface area contributed by atoms with Crippen molar-refractivity contribution in [1.82, 2.24) is 14.5 Å². The number of benzene rings is 2. The molecule has 3 amide bonds. The molecule has 2 aromatic carbocycles. The van der Waals surface area contributed by atoms with Gasteiger partial charge in [-0.25, -0.2) is 12.7 Å². The third kappa shape index (κ3) is 5.50. The van der Waals surface area contributed by atoms with E-state index in [2.05, 4.69) is 21.2 Å². The van der Waals surface area contributed by atoms with Crippen LogP contribution in [0.15, 0.2) is 57.9 Å². The van der Waals surface area contributed by atoms with E-state index < -0.39 is 27.9 Å². The van der Waals surface area contributed by atoms with Gasteiger partial charge in [0.1, 0.15) is 10.9 Å². The lowest BCUT2D eigenvalue weighted by molar-refractivity contribution is -0.140. The van der Waals surface area contributed by atoms with Crippen molar-refractivity contribution >= 4 is 43.7 Å². The molecule has 0 saturated heterocycles. The van der Waals surface area contributed by atoms with Gasteiger partial charge in [-0.3, -0.25) is 14.4 Å². The van der Waals surface area contributed by atoms with E-state index in [0.717, 1.165) is 20.8 Å². The summed E-state index contributed by atoms with van der Waals surface area (Å²) in [6.07, 6.45) is 0.501. The lowest BCUT2D eigenvalue weighted by atomic mass is 10.1. The molecule has 8 nitrogen and oxygen atoms in total. The summed E-state index contributed by atoms with van der Waals surface area (Å²) in [5, 5.41) is 2.89. The Hall–Kier alpha value is -2.72. The van der Waals surface area contributed by atoms with Crippen LogP contribution < -0.4 is 5.32 Å². The Labute approximate surface area is 208 Å². The summed E-state index contributed by atoms with van der Waals surface area (Å²) in [7, 11) is -4.01. The molecule has 2 atom stereocenters. The minimum atomic E-state index is -4.01. The van der Waals surface area contributed by atoms with Gasteiger partial charge in [0, 0.05) is 30.0 Å². The molecular weight excluding hydrogens is 522 g/mol. The summed E-state index contributed by atoms with van der Waals surface area (Å²) in [6.45, 7) is 5.33. The van der Waals surface area contributed by atoms with E-state index in [4.69, 9.17) is 0 Å². The van der Waals surface area contributed by atoms with E-state index in [9.17, 15) is 22.8 Å². The summed E-state index contributed by atoms with van der Waals surface area (Å²) in [5.41, 5.74) is 0.908. The number of carbonyl (C=O) groups is 3. The van der Waals surface area contributed by atoms with E-state index in [0.29, 0.717) is 0 Å². The second-order valence-electron chi connectivity index (χ2n) is 8.27. The molecule has 182 valence electrons. The number of halogens is 1. The number of nitrogens with zero attached hydrogens (tertiary/aromatic N) is 2. The highest BCUT2D eigenvalue weighted by Gasteiger charge is 2.41. The zero-order valence-corrected chi connectivity index (χ0v) is 21.7. The Balaban J connectivity index is 1.79. The van der Waals surface area contributed by atoms with Gasteiger partial charge in [-0.05, 0) is 50.1 Å². The molecule has 0 unspecified atom stereocenters. The monoisotopic (exact) mass is 549 g/mol. The second kappa shape index (κ2) is 10.7. The minimum Gasteiger partial charge on any atom is -0.352 e. The highest BCUT2D eigenvalue weighted by Crippen LogP contribution is 2.30. The van der Waals surface area contributed by atoms with E-state index in [1.807, 2.05) is 38.1 Å². The molecule has 2 aromatic rings. The number of sulfonamides is 1. The average molecular weight is 550 g/mol. The third-order valence-corrected chi connectivity index (χ3v) is 8.18. The summed E-state index contributed by atoms with van der Waals surface area (Å²) in [6, 6.07) is 12.5. The van der Waals surface area contributed by atoms with Crippen LogP contribution in [0.1, 0.15) is 49.5 Å². The molecule has 0 fully saturated rings. The van der Waals surface area contributed by atoms with Crippen molar-refractivity contribution in [3.63, 3.8) is 0 Å². The van der Waals surface area contributed by atoms with Gasteiger partial charge in [-0.2, -0.15) is 0 Å². The number of fused-ring (bicyclic) bond motifs is 1. The van der Waals surface area contributed by atoms with Crippen LogP contribution in [-0.4, -0.2) is 54.0 Å². The molecule has 1 aliphatic rings. The molecule has 0 aromatic heterocycles. The maximum atomic E-state index is 13.3. The van der Waals surface area contributed by atoms with Crippen LogP contribution in [0.2, 0.25) is 0 Å². The predicted octanol–water partition coefficient (Wildman–Crippen LogP) is 3.32. The average Bonchev–Trinajstić information content (AvgIpc) is 3.00. The molecule has 34 heavy (non-hydrogen) atoms. The van der Waals surface area contributed by atoms with Crippen LogP contribution in [0.25, 0.3) is 0 Å². The summed E-state index contributed by atoms with van der Waals surface area (Å²) in [4.78, 5) is 40.1. The fourth-order valence-corrected chi connectivity index (χ4v) is 5.69. The molecule has 0 saturated carbocycles. The van der Waals surface area contributed by atoms with Crippen LogP contribution in [-0.2, 0) is 26.2 Å². The molecule has 0 radical (unpaired) electrons. The summed E-state index contributed by atoms with van der Waals surface area (Å²) >= 11 is 3.41. The molecule has 1 aliphatic heterocycles. The molecule has 0 bridgehead atoms. The number of amides is 3. The molecule has 10 heteroatoms. The largest absolute Gasteiger partial charge is 0.352 e. The zero-order chi connectivity index (χ0) is 25.0. The SMILES string of the molecule is CC[C@@H](C)NC(=O)[C@H](C)N(Cc1cccc(Br)c1)C(=O)CCN1C(=O)c2ccccc2S1(=O)=O. The Kier molecular flexibility index (Phi) is 8.14. The Morgan fingerprint density at radius 3 is 2.47 bits per heavy atom. The van der Waals surface area contributed by atoms with Crippen molar-refractivity contribution in [2.45, 2.75) is 57.1 Å². The van der Waals surface area contributed by atoms with Gasteiger partial charge in [0.05, 0.1) is 5.56 Å². The number of carbonyl (C=O) groups excluding carboxylic acids is 3. The standard InChI is InChI=1S/C24H28BrN3O5S/c1-4-16(2)26-23(30)17(3)27(15-18-8-7-9-19(25)14-18)22(29)12-13-28-24(31)20-10-5-6-11-21(20)34(28,32)33/h5-11,14,16-17H,4,12-13,15H2,1-3H3,(H,26,30)/t16-,17+/m1/s1. The normalized spacial score (nSPS) is 16.0. The van der Waals surface area contributed by atoms with Gasteiger partial charge in [-0.1, -0.05) is 47.1 Å². The Morgan fingerprint density at radius 1 is 1.12 bits per heavy atom. The summed E-state index contributed by atoms with van der Waals surface area (Å²) in [5.74, 6) is -1.37. The lowest BCUT2D eigenvalue weighted by Gasteiger charge is -2.30. The van der Waals surface area contributed by atoms with Crippen molar-refractivity contribution in [3.8, 4) is 0 Å². The van der Waals surface area contributed by atoms with Crippen LogP contribution in [0.4, 0.5) is 0 Å². The van der Waals surface area contributed by atoms with Gasteiger partial charge < -0.3 is 10.2 Å². The van der Waals surface area contributed by atoms with Gasteiger partial charge >= 0.3 is 0 Å². The quantitative estimate of drug-likeness (QED) is 0.516. The van der Waals surface area contributed by atoms with Crippen LogP contribution in [0.5, 0.6) is 0 Å². The molecule has 0 spiro atoms. The maximum Gasteiger partial charge on any atom is 0.269 e. The first kappa shape index (κ1) is 25.9. The predicted molar refractivity (Wildman–Crippen MR) is 131 cm³/mol. The molecule has 3 rings (SSSR count). The maximum absolute atomic E-state index is 13.3. The number of hydrogen-bond donors (Lipinski definition) is 1. The number of rotatable bonds is 9. The van der Waals surface area contributed by atoms with Gasteiger partial charge in [-0.15, -0.1) is 0 Å². The molecule has 1 heterocycles. The number of hydrogen-bond acceptors (Lipinski definition) is 5. The third-order valence-electron chi connectivity index (χ3n) is 5.85. The summed E-state index contributed by atoms with van der Waals surface area (Å²) < 4.78 is 27.2. The topological polar surface area (TPSA) is 104 Å². The second-order valence-corrected chi connectivity index (χ2v) is 11.0.